The van der Waals surface area contributed by atoms with Crippen molar-refractivity contribution >= 4 is 34.0 Å². The van der Waals surface area contributed by atoms with Gasteiger partial charge in [-0.05, 0) is 42.3 Å². The van der Waals surface area contributed by atoms with Gasteiger partial charge in [-0.3, -0.25) is 9.59 Å². The van der Waals surface area contributed by atoms with Gasteiger partial charge in [0, 0.05) is 4.88 Å². The SMILES string of the molecule is CCC(O)c1cc(F)c(-c2cc(C(N)=O)c(Nc3cccc(CNC(=O)c4cnco4)n3)s2)c(F)c1. The molecule has 0 spiro atoms. The quantitative estimate of drug-likeness (QED) is 0.261. The zero-order chi connectivity index (χ0) is 25.8. The van der Waals surface area contributed by atoms with Gasteiger partial charge in [0.1, 0.15) is 22.5 Å². The molecule has 0 aliphatic heterocycles. The first-order valence-corrected chi connectivity index (χ1v) is 11.6. The van der Waals surface area contributed by atoms with Crippen LogP contribution in [0.1, 0.15) is 51.6 Å². The third-order valence-electron chi connectivity index (χ3n) is 5.21. The van der Waals surface area contributed by atoms with Gasteiger partial charge >= 0.3 is 0 Å². The number of pyridine rings is 1. The van der Waals surface area contributed by atoms with Crippen LogP contribution >= 0.6 is 11.3 Å². The molecular formula is C24H21F2N5O4S. The lowest BCUT2D eigenvalue weighted by molar-refractivity contribution is 0.0922. The van der Waals surface area contributed by atoms with Crippen molar-refractivity contribution in [1.82, 2.24) is 15.3 Å². The third kappa shape index (κ3) is 5.39. The average molecular weight is 514 g/mol. The summed E-state index contributed by atoms with van der Waals surface area (Å²) < 4.78 is 34.6. The average Bonchev–Trinajstić information content (AvgIpc) is 3.53. The molecule has 36 heavy (non-hydrogen) atoms. The molecule has 0 aliphatic rings. The van der Waals surface area contributed by atoms with Gasteiger partial charge in [0.05, 0.1) is 35.7 Å². The molecule has 4 rings (SSSR count). The maximum Gasteiger partial charge on any atom is 0.289 e. The standard InChI is InChI=1S/C24H21F2N5O4S/c1-2-17(32)12-6-15(25)21(16(26)7-12)19-8-14(22(27)33)24(36-19)31-20-5-3-4-13(30-20)9-29-23(34)18-10-28-11-35-18/h3-8,10-11,17,32H,2,9H2,1H3,(H2,27,33)(H,29,34)(H,30,31). The molecule has 0 saturated carbocycles. The predicted molar refractivity (Wildman–Crippen MR) is 129 cm³/mol. The number of carbonyl (C=O) groups is 2. The van der Waals surface area contributed by atoms with Crippen molar-refractivity contribution in [3.8, 4) is 10.4 Å². The highest BCUT2D eigenvalue weighted by Gasteiger charge is 2.22. The molecule has 3 aromatic heterocycles. The van der Waals surface area contributed by atoms with Crippen LogP contribution in [0.2, 0.25) is 0 Å². The number of aromatic nitrogens is 2. The van der Waals surface area contributed by atoms with E-state index < -0.39 is 29.6 Å². The molecule has 4 aromatic rings. The summed E-state index contributed by atoms with van der Waals surface area (Å²) >= 11 is 0.923. The number of hydrogen-bond donors (Lipinski definition) is 4. The van der Waals surface area contributed by atoms with E-state index in [0.29, 0.717) is 17.9 Å². The van der Waals surface area contributed by atoms with E-state index in [1.54, 1.807) is 25.1 Å². The van der Waals surface area contributed by atoms with Crippen LogP contribution in [0.25, 0.3) is 10.4 Å². The Hall–Kier alpha value is -4.16. The van der Waals surface area contributed by atoms with Gasteiger partial charge < -0.3 is 25.9 Å². The molecule has 2 amide bonds. The molecule has 0 bridgehead atoms. The molecule has 5 N–H and O–H groups in total. The maximum atomic E-state index is 14.8. The van der Waals surface area contributed by atoms with E-state index in [0.717, 1.165) is 29.9 Å². The first-order chi connectivity index (χ1) is 17.3. The lowest BCUT2D eigenvalue weighted by atomic mass is 10.0. The van der Waals surface area contributed by atoms with Gasteiger partial charge in [-0.15, -0.1) is 11.3 Å². The number of nitrogens with two attached hydrogens (primary N) is 1. The van der Waals surface area contributed by atoms with Crippen molar-refractivity contribution < 1.29 is 27.9 Å². The molecule has 3 heterocycles. The number of hydrogen-bond acceptors (Lipinski definition) is 8. The van der Waals surface area contributed by atoms with Crippen LogP contribution in [0.4, 0.5) is 19.6 Å². The number of carbonyl (C=O) groups excluding carboxylic acids is 2. The van der Waals surface area contributed by atoms with Gasteiger partial charge in [-0.2, -0.15) is 0 Å². The lowest BCUT2D eigenvalue weighted by Gasteiger charge is -2.11. The summed E-state index contributed by atoms with van der Waals surface area (Å²) in [5.41, 5.74) is 5.81. The fourth-order valence-electron chi connectivity index (χ4n) is 3.40. The van der Waals surface area contributed by atoms with Crippen molar-refractivity contribution in [3.63, 3.8) is 0 Å². The lowest BCUT2D eigenvalue weighted by Crippen LogP contribution is -2.22. The maximum absolute atomic E-state index is 14.8. The third-order valence-corrected chi connectivity index (χ3v) is 6.28. The summed E-state index contributed by atoms with van der Waals surface area (Å²) in [5.74, 6) is -2.63. The number of amides is 2. The van der Waals surface area contributed by atoms with Crippen LogP contribution in [0.5, 0.6) is 0 Å². The van der Waals surface area contributed by atoms with Crippen LogP contribution in [0.15, 0.2) is 53.4 Å². The number of aliphatic hydroxyl groups excluding tert-OH is 1. The second-order valence-corrected chi connectivity index (χ2v) is 8.74. The zero-order valence-electron chi connectivity index (χ0n) is 18.9. The van der Waals surface area contributed by atoms with E-state index in [2.05, 4.69) is 20.6 Å². The Kier molecular flexibility index (Phi) is 7.36. The van der Waals surface area contributed by atoms with Gasteiger partial charge in [0.2, 0.25) is 5.76 Å². The summed E-state index contributed by atoms with van der Waals surface area (Å²) in [7, 11) is 0. The number of anilines is 2. The number of rotatable bonds is 9. The van der Waals surface area contributed by atoms with Crippen molar-refractivity contribution in [2.75, 3.05) is 5.32 Å². The molecule has 12 heteroatoms. The molecule has 9 nitrogen and oxygen atoms in total. The van der Waals surface area contributed by atoms with Crippen molar-refractivity contribution in [2.45, 2.75) is 26.0 Å². The smallest absolute Gasteiger partial charge is 0.289 e. The molecule has 186 valence electrons. The van der Waals surface area contributed by atoms with Gasteiger partial charge in [-0.1, -0.05) is 13.0 Å². The summed E-state index contributed by atoms with van der Waals surface area (Å²) in [6, 6.07) is 8.42. The molecule has 0 saturated heterocycles. The Morgan fingerprint density at radius 1 is 1.22 bits per heavy atom. The number of primary amides is 1. The molecule has 1 aromatic carbocycles. The fraction of sp³-hybridized carbons (Fsp3) is 0.167. The van der Waals surface area contributed by atoms with Crippen LogP contribution in [0, 0.1) is 11.6 Å². The zero-order valence-corrected chi connectivity index (χ0v) is 19.7. The topological polar surface area (TPSA) is 143 Å². The molecule has 0 aliphatic carbocycles. The highest BCUT2D eigenvalue weighted by Crippen LogP contribution is 2.39. The van der Waals surface area contributed by atoms with Gasteiger partial charge in [0.25, 0.3) is 11.8 Å². The van der Waals surface area contributed by atoms with E-state index in [4.69, 9.17) is 10.2 Å². The summed E-state index contributed by atoms with van der Waals surface area (Å²) in [5, 5.41) is 15.8. The van der Waals surface area contributed by atoms with Crippen molar-refractivity contribution in [2.24, 2.45) is 5.73 Å². The Morgan fingerprint density at radius 3 is 2.61 bits per heavy atom. The van der Waals surface area contributed by atoms with Gasteiger partial charge in [0.15, 0.2) is 6.39 Å². The normalized spacial score (nSPS) is 11.8. The minimum atomic E-state index is -0.997. The minimum absolute atomic E-state index is 0.0253. The highest BCUT2D eigenvalue weighted by atomic mass is 32.1. The van der Waals surface area contributed by atoms with Crippen molar-refractivity contribution in [3.05, 3.63) is 83.2 Å². The van der Waals surface area contributed by atoms with Crippen LogP contribution in [0.3, 0.4) is 0 Å². The number of nitrogens with zero attached hydrogens (tertiary/aromatic N) is 2. The fourth-order valence-corrected chi connectivity index (χ4v) is 4.51. The number of halogens is 2. The van der Waals surface area contributed by atoms with E-state index in [9.17, 15) is 23.5 Å². The number of thiophene rings is 1. The predicted octanol–water partition coefficient (Wildman–Crippen LogP) is 4.29. The van der Waals surface area contributed by atoms with E-state index >= 15 is 0 Å². The Labute approximate surface area is 208 Å². The van der Waals surface area contributed by atoms with Crippen LogP contribution in [-0.4, -0.2) is 26.9 Å². The largest absolute Gasteiger partial charge is 0.438 e. The first-order valence-electron chi connectivity index (χ1n) is 10.8. The second kappa shape index (κ2) is 10.6. The van der Waals surface area contributed by atoms with Crippen molar-refractivity contribution in [1.29, 1.82) is 0 Å². The summed E-state index contributed by atoms with van der Waals surface area (Å²) in [6.45, 7) is 1.78. The first kappa shape index (κ1) is 24.9. The second-order valence-electron chi connectivity index (χ2n) is 7.69. The van der Waals surface area contributed by atoms with E-state index in [-0.39, 0.29) is 38.9 Å². The number of aliphatic hydroxyl groups is 1. The Balaban J connectivity index is 1.58. The molecule has 0 radical (unpaired) electrons. The van der Waals surface area contributed by atoms with Crippen LogP contribution in [-0.2, 0) is 6.54 Å². The Morgan fingerprint density at radius 2 is 1.97 bits per heavy atom. The number of oxazole rings is 1. The Bertz CT molecular complexity index is 1380. The van der Waals surface area contributed by atoms with Gasteiger partial charge in [-0.25, -0.2) is 18.7 Å². The minimum Gasteiger partial charge on any atom is -0.438 e. The molecule has 0 fully saturated rings. The highest BCUT2D eigenvalue weighted by molar-refractivity contribution is 7.20. The van der Waals surface area contributed by atoms with E-state index in [1.807, 2.05) is 0 Å². The van der Waals surface area contributed by atoms with Crippen LogP contribution < -0.4 is 16.4 Å². The summed E-state index contributed by atoms with van der Waals surface area (Å²) in [6.07, 6.45) is 1.73. The molecular weight excluding hydrogens is 492 g/mol. The molecule has 1 unspecified atom stereocenters. The summed E-state index contributed by atoms with van der Waals surface area (Å²) in [4.78, 5) is 32.3. The monoisotopic (exact) mass is 513 g/mol. The number of benzene rings is 1. The van der Waals surface area contributed by atoms with E-state index in [1.165, 1.54) is 12.3 Å². The number of nitrogens with one attached hydrogen (secondary N) is 2. The molecule has 1 atom stereocenters.